The fraction of sp³-hybridized carbons (Fsp3) is 0.769. The third kappa shape index (κ3) is 3.67. The number of allylic oxidation sites excluding steroid dienone is 1. The predicted octanol–water partition coefficient (Wildman–Crippen LogP) is 3.90. The SMILES string of the molecule is CC(C)(C)[Si](C)(C)OC1C=C(CCl)C(=O)CC1. The van der Waals surface area contributed by atoms with E-state index in [1.54, 1.807) is 0 Å². The summed E-state index contributed by atoms with van der Waals surface area (Å²) >= 11 is 5.77. The summed E-state index contributed by atoms with van der Waals surface area (Å²) in [7, 11) is -1.76. The molecule has 0 fully saturated rings. The second kappa shape index (κ2) is 5.25. The topological polar surface area (TPSA) is 26.3 Å². The minimum Gasteiger partial charge on any atom is -0.411 e. The number of halogens is 1. The number of alkyl halides is 1. The van der Waals surface area contributed by atoms with Crippen LogP contribution in [0.1, 0.15) is 33.6 Å². The van der Waals surface area contributed by atoms with Crippen LogP contribution in [-0.2, 0) is 9.22 Å². The van der Waals surface area contributed by atoms with Crippen LogP contribution < -0.4 is 0 Å². The van der Waals surface area contributed by atoms with Gasteiger partial charge in [-0.1, -0.05) is 20.8 Å². The lowest BCUT2D eigenvalue weighted by Gasteiger charge is -2.39. The fourth-order valence-electron chi connectivity index (χ4n) is 1.60. The van der Waals surface area contributed by atoms with Crippen molar-refractivity contribution in [3.05, 3.63) is 11.6 Å². The van der Waals surface area contributed by atoms with Crippen molar-refractivity contribution < 1.29 is 9.22 Å². The molecule has 0 saturated heterocycles. The lowest BCUT2D eigenvalue weighted by Crippen LogP contribution is -2.44. The van der Waals surface area contributed by atoms with Crippen LogP contribution in [0.4, 0.5) is 0 Å². The molecular weight excluding hydrogens is 252 g/mol. The third-order valence-corrected chi connectivity index (χ3v) is 8.59. The van der Waals surface area contributed by atoms with Gasteiger partial charge in [-0.05, 0) is 30.6 Å². The number of Topliss-reactive ketones (excluding diaryl/α,β-unsaturated/α-hetero) is 1. The summed E-state index contributed by atoms with van der Waals surface area (Å²) < 4.78 is 6.28. The molecule has 4 heteroatoms. The normalized spacial score (nSPS) is 22.6. The smallest absolute Gasteiger partial charge is 0.192 e. The lowest BCUT2D eigenvalue weighted by atomic mass is 9.97. The second-order valence-electron chi connectivity index (χ2n) is 6.20. The Hall–Kier alpha value is -0.123. The molecule has 0 amide bonds. The van der Waals surface area contributed by atoms with Crippen LogP contribution in [0.2, 0.25) is 18.1 Å². The van der Waals surface area contributed by atoms with Gasteiger partial charge in [-0.3, -0.25) is 4.79 Å². The van der Waals surface area contributed by atoms with E-state index in [0.717, 1.165) is 12.0 Å². The molecule has 0 radical (unpaired) electrons. The van der Waals surface area contributed by atoms with Crippen LogP contribution in [0.25, 0.3) is 0 Å². The molecule has 1 aliphatic carbocycles. The highest BCUT2D eigenvalue weighted by Gasteiger charge is 2.39. The number of carbonyl (C=O) groups excluding carboxylic acids is 1. The van der Waals surface area contributed by atoms with Gasteiger partial charge in [0.05, 0.1) is 12.0 Å². The van der Waals surface area contributed by atoms with Crippen LogP contribution in [0.15, 0.2) is 11.6 Å². The Kier molecular flexibility index (Phi) is 4.61. The van der Waals surface area contributed by atoms with Gasteiger partial charge >= 0.3 is 0 Å². The summed E-state index contributed by atoms with van der Waals surface area (Å²) in [5.41, 5.74) is 0.724. The molecule has 17 heavy (non-hydrogen) atoms. The first-order valence-electron chi connectivity index (χ1n) is 6.15. The first-order chi connectivity index (χ1) is 7.67. The highest BCUT2D eigenvalue weighted by molar-refractivity contribution is 6.74. The van der Waals surface area contributed by atoms with E-state index in [-0.39, 0.29) is 16.9 Å². The lowest BCUT2D eigenvalue weighted by molar-refractivity contribution is -0.116. The summed E-state index contributed by atoms with van der Waals surface area (Å²) in [4.78, 5) is 11.5. The van der Waals surface area contributed by atoms with Crippen molar-refractivity contribution in [1.29, 1.82) is 0 Å². The molecule has 0 bridgehead atoms. The van der Waals surface area contributed by atoms with E-state index in [2.05, 4.69) is 33.9 Å². The van der Waals surface area contributed by atoms with Gasteiger partial charge in [-0.25, -0.2) is 0 Å². The van der Waals surface area contributed by atoms with Gasteiger partial charge in [-0.2, -0.15) is 0 Å². The molecule has 0 spiro atoms. The molecule has 0 heterocycles. The fourth-order valence-corrected chi connectivity index (χ4v) is 3.14. The molecule has 0 aromatic carbocycles. The average molecular weight is 275 g/mol. The van der Waals surface area contributed by atoms with Gasteiger partial charge in [0, 0.05) is 12.0 Å². The van der Waals surface area contributed by atoms with Crippen molar-refractivity contribution in [3.63, 3.8) is 0 Å². The Morgan fingerprint density at radius 3 is 2.53 bits per heavy atom. The summed E-state index contributed by atoms with van der Waals surface area (Å²) in [5.74, 6) is 0.478. The van der Waals surface area contributed by atoms with E-state index in [0.29, 0.717) is 12.3 Å². The minimum atomic E-state index is -1.76. The Bertz CT molecular complexity index is 329. The average Bonchev–Trinajstić information content (AvgIpc) is 2.19. The Morgan fingerprint density at radius 1 is 1.47 bits per heavy atom. The summed E-state index contributed by atoms with van der Waals surface area (Å²) in [6, 6.07) is 0. The number of ketones is 1. The monoisotopic (exact) mass is 274 g/mol. The van der Waals surface area contributed by atoms with Crippen LogP contribution in [0.5, 0.6) is 0 Å². The number of hydrogen-bond acceptors (Lipinski definition) is 2. The Labute approximate surface area is 111 Å². The van der Waals surface area contributed by atoms with Crippen LogP contribution in [0, 0.1) is 0 Å². The molecule has 0 N–H and O–H groups in total. The maximum Gasteiger partial charge on any atom is 0.192 e. The Balaban J connectivity index is 2.77. The van der Waals surface area contributed by atoms with E-state index >= 15 is 0 Å². The zero-order chi connectivity index (χ0) is 13.3. The zero-order valence-electron chi connectivity index (χ0n) is 11.5. The highest BCUT2D eigenvalue weighted by Crippen LogP contribution is 2.38. The van der Waals surface area contributed by atoms with Crippen molar-refractivity contribution in [2.75, 3.05) is 5.88 Å². The van der Waals surface area contributed by atoms with Gasteiger partial charge in [0.25, 0.3) is 0 Å². The maximum atomic E-state index is 11.5. The molecule has 0 aliphatic heterocycles. The minimum absolute atomic E-state index is 0.0716. The number of hydrogen-bond donors (Lipinski definition) is 0. The molecule has 1 atom stereocenters. The second-order valence-corrected chi connectivity index (χ2v) is 11.2. The van der Waals surface area contributed by atoms with Crippen molar-refractivity contribution in [2.45, 2.75) is 57.8 Å². The molecule has 1 unspecified atom stereocenters. The van der Waals surface area contributed by atoms with Gasteiger partial charge in [0.15, 0.2) is 14.1 Å². The third-order valence-electron chi connectivity index (χ3n) is 3.80. The van der Waals surface area contributed by atoms with Crippen molar-refractivity contribution in [2.24, 2.45) is 0 Å². The summed E-state index contributed by atoms with van der Waals surface area (Å²) in [6.07, 6.45) is 3.37. The summed E-state index contributed by atoms with van der Waals surface area (Å²) in [6.45, 7) is 11.1. The van der Waals surface area contributed by atoms with E-state index in [1.165, 1.54) is 0 Å². The van der Waals surface area contributed by atoms with Crippen molar-refractivity contribution in [3.8, 4) is 0 Å². The highest BCUT2D eigenvalue weighted by atomic mass is 35.5. The van der Waals surface area contributed by atoms with E-state index in [1.807, 2.05) is 6.08 Å². The van der Waals surface area contributed by atoms with Gasteiger partial charge in [0.2, 0.25) is 0 Å². The van der Waals surface area contributed by atoms with Crippen molar-refractivity contribution >= 4 is 25.7 Å². The number of carbonyl (C=O) groups is 1. The Morgan fingerprint density at radius 2 is 2.06 bits per heavy atom. The predicted molar refractivity (Wildman–Crippen MR) is 75.1 cm³/mol. The van der Waals surface area contributed by atoms with Crippen LogP contribution in [0.3, 0.4) is 0 Å². The first-order valence-corrected chi connectivity index (χ1v) is 9.59. The quantitative estimate of drug-likeness (QED) is 0.576. The summed E-state index contributed by atoms with van der Waals surface area (Å²) in [5, 5.41) is 0.198. The van der Waals surface area contributed by atoms with E-state index in [9.17, 15) is 4.79 Å². The first kappa shape index (κ1) is 14.9. The van der Waals surface area contributed by atoms with E-state index in [4.69, 9.17) is 16.0 Å². The number of rotatable bonds is 3. The van der Waals surface area contributed by atoms with Gasteiger partial charge in [-0.15, -0.1) is 11.6 Å². The molecule has 1 rings (SSSR count). The molecule has 0 saturated carbocycles. The molecule has 2 nitrogen and oxygen atoms in total. The molecular formula is C13H23ClO2Si. The molecule has 0 aromatic heterocycles. The molecule has 1 aliphatic rings. The van der Waals surface area contributed by atoms with Crippen LogP contribution >= 0.6 is 11.6 Å². The van der Waals surface area contributed by atoms with E-state index < -0.39 is 8.32 Å². The molecule has 0 aromatic rings. The maximum absolute atomic E-state index is 11.5. The largest absolute Gasteiger partial charge is 0.411 e. The standard InChI is InChI=1S/C13H23ClO2Si/c1-13(2,3)17(4,5)16-11-6-7-12(15)10(8-11)9-14/h8,11H,6-7,9H2,1-5H3. The van der Waals surface area contributed by atoms with Crippen LogP contribution in [-0.4, -0.2) is 26.1 Å². The van der Waals surface area contributed by atoms with Gasteiger partial charge < -0.3 is 4.43 Å². The zero-order valence-corrected chi connectivity index (χ0v) is 13.2. The van der Waals surface area contributed by atoms with Gasteiger partial charge in [0.1, 0.15) is 0 Å². The van der Waals surface area contributed by atoms with Crippen molar-refractivity contribution in [1.82, 2.24) is 0 Å². The molecule has 98 valence electrons.